The number of ether oxygens (including phenoxy) is 2. The number of carbonyl (C=O) groups is 2. The predicted molar refractivity (Wildman–Crippen MR) is 184 cm³/mol. The monoisotopic (exact) mass is 674 g/mol. The SMILES string of the molecule is COC(=O)C1=C(C)NC(C)=C(C(=O)OCC(C)(C)CN2CCN(C/C=C/c3ccccc3)CC2)C1c1cccc([N+](=O)[O-])c1.Cl.Cl. The van der Waals surface area contributed by atoms with Crippen molar-refractivity contribution in [3.63, 3.8) is 0 Å². The van der Waals surface area contributed by atoms with Crippen molar-refractivity contribution < 1.29 is 24.0 Å². The number of piperazine rings is 1. The second kappa shape index (κ2) is 17.3. The maximum absolute atomic E-state index is 13.7. The van der Waals surface area contributed by atoms with Crippen LogP contribution in [0.15, 0.2) is 83.2 Å². The van der Waals surface area contributed by atoms with Gasteiger partial charge in [0.25, 0.3) is 5.69 Å². The largest absolute Gasteiger partial charge is 0.466 e. The quantitative estimate of drug-likeness (QED) is 0.181. The number of dihydropyridines is 1. The van der Waals surface area contributed by atoms with Crippen LogP contribution in [0.2, 0.25) is 0 Å². The van der Waals surface area contributed by atoms with E-state index in [2.05, 4.69) is 53.2 Å². The Morgan fingerprint density at radius 2 is 1.57 bits per heavy atom. The number of nitro benzene ring substituents is 1. The van der Waals surface area contributed by atoms with Crippen LogP contribution in [0.4, 0.5) is 5.69 Å². The van der Waals surface area contributed by atoms with E-state index in [1.54, 1.807) is 26.0 Å². The van der Waals surface area contributed by atoms with E-state index in [0.717, 1.165) is 39.3 Å². The summed E-state index contributed by atoms with van der Waals surface area (Å²) in [5, 5.41) is 14.6. The fraction of sp³-hybridized carbons (Fsp3) is 0.412. The number of methoxy groups -OCH3 is 1. The normalized spacial score (nSPS) is 17.5. The molecule has 2 aliphatic rings. The highest BCUT2D eigenvalue weighted by atomic mass is 35.5. The molecule has 1 saturated heterocycles. The van der Waals surface area contributed by atoms with E-state index in [-0.39, 0.29) is 53.7 Å². The lowest BCUT2D eigenvalue weighted by atomic mass is 9.80. The molecule has 0 amide bonds. The van der Waals surface area contributed by atoms with Gasteiger partial charge in [0.1, 0.15) is 0 Å². The fourth-order valence-electron chi connectivity index (χ4n) is 5.82. The number of carbonyl (C=O) groups excluding carboxylic acids is 2. The molecule has 1 N–H and O–H groups in total. The minimum atomic E-state index is -0.886. The third kappa shape index (κ3) is 9.90. The summed E-state index contributed by atoms with van der Waals surface area (Å²) >= 11 is 0. The van der Waals surface area contributed by atoms with E-state index in [0.29, 0.717) is 17.0 Å². The van der Waals surface area contributed by atoms with Gasteiger partial charge in [0, 0.05) is 68.2 Å². The zero-order valence-corrected chi connectivity index (χ0v) is 28.6. The van der Waals surface area contributed by atoms with E-state index in [9.17, 15) is 19.7 Å². The molecule has 1 unspecified atom stereocenters. The Morgan fingerprint density at radius 1 is 0.957 bits per heavy atom. The molecule has 250 valence electrons. The number of hydrogen-bond acceptors (Lipinski definition) is 9. The van der Waals surface area contributed by atoms with E-state index >= 15 is 0 Å². The highest BCUT2D eigenvalue weighted by Crippen LogP contribution is 2.40. The molecule has 0 aromatic heterocycles. The van der Waals surface area contributed by atoms with Gasteiger partial charge in [-0.1, -0.05) is 68.5 Å². The number of allylic oxidation sites excluding steroid dienone is 2. The van der Waals surface area contributed by atoms with Gasteiger partial charge in [-0.25, -0.2) is 9.59 Å². The van der Waals surface area contributed by atoms with Crippen LogP contribution in [0.1, 0.15) is 44.7 Å². The summed E-state index contributed by atoms with van der Waals surface area (Å²) in [4.78, 5) is 42.4. The molecule has 1 fully saturated rings. The first-order valence-electron chi connectivity index (χ1n) is 14.8. The van der Waals surface area contributed by atoms with Gasteiger partial charge in [-0.2, -0.15) is 0 Å². The number of nitrogens with zero attached hydrogens (tertiary/aromatic N) is 3. The van der Waals surface area contributed by atoms with Gasteiger partial charge in [-0.05, 0) is 25.0 Å². The van der Waals surface area contributed by atoms with Crippen LogP contribution in [0.5, 0.6) is 0 Å². The first-order valence-corrected chi connectivity index (χ1v) is 14.8. The number of nitro groups is 1. The van der Waals surface area contributed by atoms with Crippen molar-refractivity contribution in [3.05, 3.63) is 104 Å². The third-order valence-corrected chi connectivity index (χ3v) is 7.98. The first-order chi connectivity index (χ1) is 21.0. The average Bonchev–Trinajstić information content (AvgIpc) is 3.00. The van der Waals surface area contributed by atoms with Crippen molar-refractivity contribution in [1.29, 1.82) is 0 Å². The molecule has 4 rings (SSSR count). The van der Waals surface area contributed by atoms with Crippen molar-refractivity contribution in [2.75, 3.05) is 53.0 Å². The lowest BCUT2D eigenvalue weighted by Crippen LogP contribution is -2.49. The van der Waals surface area contributed by atoms with E-state index in [1.165, 1.54) is 24.8 Å². The van der Waals surface area contributed by atoms with Gasteiger partial charge >= 0.3 is 11.9 Å². The zero-order valence-electron chi connectivity index (χ0n) is 27.0. The number of halogens is 2. The Morgan fingerprint density at radius 3 is 2.17 bits per heavy atom. The van der Waals surface area contributed by atoms with E-state index in [1.807, 2.05) is 18.2 Å². The molecular weight excluding hydrogens is 631 g/mol. The number of benzene rings is 2. The lowest BCUT2D eigenvalue weighted by molar-refractivity contribution is -0.384. The molecule has 0 saturated carbocycles. The summed E-state index contributed by atoms with van der Waals surface area (Å²) in [6.07, 6.45) is 4.35. The molecular formula is C34H44Cl2N4O6. The summed E-state index contributed by atoms with van der Waals surface area (Å²) < 4.78 is 11.0. The molecule has 0 aliphatic carbocycles. The summed E-state index contributed by atoms with van der Waals surface area (Å²) in [6.45, 7) is 13.2. The average molecular weight is 676 g/mol. The topological polar surface area (TPSA) is 114 Å². The van der Waals surface area contributed by atoms with Crippen LogP contribution in [-0.2, 0) is 19.1 Å². The van der Waals surface area contributed by atoms with Crippen LogP contribution in [0.3, 0.4) is 0 Å². The van der Waals surface area contributed by atoms with Gasteiger partial charge in [-0.15, -0.1) is 24.8 Å². The Bertz CT molecular complexity index is 1470. The van der Waals surface area contributed by atoms with Gasteiger partial charge in [0.05, 0.1) is 35.7 Å². The van der Waals surface area contributed by atoms with Crippen molar-refractivity contribution >= 4 is 48.5 Å². The lowest BCUT2D eigenvalue weighted by Gasteiger charge is -2.38. The number of nitrogens with one attached hydrogen (secondary N) is 1. The molecule has 2 aromatic rings. The highest BCUT2D eigenvalue weighted by Gasteiger charge is 2.39. The van der Waals surface area contributed by atoms with Gasteiger partial charge in [-0.3, -0.25) is 15.0 Å². The minimum absolute atomic E-state index is 0. The van der Waals surface area contributed by atoms with Crippen molar-refractivity contribution in [3.8, 4) is 0 Å². The summed E-state index contributed by atoms with van der Waals surface area (Å²) in [7, 11) is 1.26. The van der Waals surface area contributed by atoms with Crippen molar-refractivity contribution in [2.45, 2.75) is 33.6 Å². The van der Waals surface area contributed by atoms with Gasteiger partial charge < -0.3 is 19.7 Å². The van der Waals surface area contributed by atoms with Crippen molar-refractivity contribution in [1.82, 2.24) is 15.1 Å². The fourth-order valence-corrected chi connectivity index (χ4v) is 5.82. The summed E-state index contributed by atoms with van der Waals surface area (Å²) in [5.41, 5.74) is 2.63. The van der Waals surface area contributed by atoms with Crippen molar-refractivity contribution in [2.24, 2.45) is 5.41 Å². The molecule has 10 nitrogen and oxygen atoms in total. The summed E-state index contributed by atoms with van der Waals surface area (Å²) in [6, 6.07) is 16.2. The van der Waals surface area contributed by atoms with E-state index in [4.69, 9.17) is 9.47 Å². The van der Waals surface area contributed by atoms with E-state index < -0.39 is 22.8 Å². The minimum Gasteiger partial charge on any atom is -0.466 e. The zero-order chi connectivity index (χ0) is 31.9. The van der Waals surface area contributed by atoms with Crippen LogP contribution in [0.25, 0.3) is 6.08 Å². The number of non-ortho nitro benzene ring substituents is 1. The molecule has 46 heavy (non-hydrogen) atoms. The molecule has 2 aliphatic heterocycles. The van der Waals surface area contributed by atoms with Crippen LogP contribution in [-0.4, -0.2) is 79.6 Å². The maximum Gasteiger partial charge on any atom is 0.336 e. The second-order valence-corrected chi connectivity index (χ2v) is 12.1. The highest BCUT2D eigenvalue weighted by molar-refractivity contribution is 5.99. The Kier molecular flexibility index (Phi) is 14.5. The standard InChI is InChI=1S/C34H42N4O6.2ClH/c1-24-29(32(39)43-5)31(27-14-9-15-28(21-27)38(41)42)30(25(2)35-24)33(40)44-23-34(3,4)22-37-19-17-36(18-20-37)16-10-13-26-11-7-6-8-12-26;;/h6-15,21,31,35H,16-20,22-23H2,1-5H3;2*1H/b13-10+;;. The number of hydrogen-bond donors (Lipinski definition) is 1. The Hall–Kier alpha value is -3.70. The Labute approximate surface area is 283 Å². The second-order valence-electron chi connectivity index (χ2n) is 12.1. The molecule has 0 radical (unpaired) electrons. The molecule has 2 heterocycles. The molecule has 0 spiro atoms. The van der Waals surface area contributed by atoms with Gasteiger partial charge in [0.2, 0.25) is 0 Å². The third-order valence-electron chi connectivity index (χ3n) is 7.98. The maximum atomic E-state index is 13.7. The smallest absolute Gasteiger partial charge is 0.336 e. The molecule has 12 heteroatoms. The van der Waals surface area contributed by atoms with Crippen LogP contribution >= 0.6 is 24.8 Å². The molecule has 2 aromatic carbocycles. The Balaban J connectivity index is 0.00000368. The van der Waals surface area contributed by atoms with Crippen LogP contribution < -0.4 is 5.32 Å². The van der Waals surface area contributed by atoms with Gasteiger partial charge in [0.15, 0.2) is 0 Å². The number of rotatable bonds is 11. The summed E-state index contributed by atoms with van der Waals surface area (Å²) in [5.74, 6) is -2.09. The first kappa shape index (κ1) is 38.5. The molecule has 0 bridgehead atoms. The predicted octanol–water partition coefficient (Wildman–Crippen LogP) is 5.75. The molecule has 1 atom stereocenters. The number of esters is 2. The van der Waals surface area contributed by atoms with Crippen LogP contribution in [0, 0.1) is 15.5 Å².